The molecule has 1 atom stereocenters. The standard InChI is InChI=1S/C11H15N3O4/c1-7-3-4-8(5-12-7)14-11(17)13-6-9(18-2)10(15)16/h3-5,9H,6H2,1-2H3,(H,15,16)(H2,13,14,17). The summed E-state index contributed by atoms with van der Waals surface area (Å²) in [4.78, 5) is 26.1. The minimum absolute atomic E-state index is 0.114. The lowest BCUT2D eigenvalue weighted by atomic mass is 10.3. The molecule has 0 saturated carbocycles. The SMILES string of the molecule is COC(CNC(=O)Nc1ccc(C)nc1)C(=O)O. The third-order valence-electron chi connectivity index (χ3n) is 2.18. The molecule has 0 aromatic carbocycles. The molecule has 1 rings (SSSR count). The highest BCUT2D eigenvalue weighted by Crippen LogP contribution is 2.04. The number of hydrogen-bond acceptors (Lipinski definition) is 4. The number of aliphatic carboxylic acids is 1. The molecule has 0 radical (unpaired) electrons. The van der Waals surface area contributed by atoms with Crippen molar-refractivity contribution in [2.75, 3.05) is 19.0 Å². The number of ether oxygens (including phenoxy) is 1. The summed E-state index contributed by atoms with van der Waals surface area (Å²) in [6, 6.07) is 2.95. The zero-order valence-electron chi connectivity index (χ0n) is 10.1. The van der Waals surface area contributed by atoms with Crippen LogP contribution in [0.2, 0.25) is 0 Å². The highest BCUT2D eigenvalue weighted by atomic mass is 16.5. The summed E-state index contributed by atoms with van der Waals surface area (Å²) < 4.78 is 4.67. The van der Waals surface area contributed by atoms with Gasteiger partial charge in [-0.1, -0.05) is 0 Å². The largest absolute Gasteiger partial charge is 0.479 e. The van der Waals surface area contributed by atoms with Crippen molar-refractivity contribution in [1.29, 1.82) is 0 Å². The number of amides is 2. The second-order valence-corrected chi connectivity index (χ2v) is 3.59. The lowest BCUT2D eigenvalue weighted by Crippen LogP contribution is -2.39. The molecule has 0 bridgehead atoms. The first kappa shape index (κ1) is 13.9. The molecule has 0 aliphatic carbocycles. The Bertz CT molecular complexity index is 419. The summed E-state index contributed by atoms with van der Waals surface area (Å²) in [5, 5.41) is 13.6. The van der Waals surface area contributed by atoms with E-state index < -0.39 is 18.1 Å². The van der Waals surface area contributed by atoms with Gasteiger partial charge in [-0.2, -0.15) is 0 Å². The Balaban J connectivity index is 2.42. The third kappa shape index (κ3) is 4.38. The van der Waals surface area contributed by atoms with Crippen molar-refractivity contribution >= 4 is 17.7 Å². The van der Waals surface area contributed by atoms with Crippen LogP contribution in [-0.4, -0.2) is 41.8 Å². The smallest absolute Gasteiger partial charge is 0.334 e. The number of nitrogens with zero attached hydrogens (tertiary/aromatic N) is 1. The molecule has 1 aromatic heterocycles. The van der Waals surface area contributed by atoms with Gasteiger partial charge < -0.3 is 20.5 Å². The van der Waals surface area contributed by atoms with Crippen LogP contribution in [0.15, 0.2) is 18.3 Å². The highest BCUT2D eigenvalue weighted by Gasteiger charge is 2.16. The van der Waals surface area contributed by atoms with Gasteiger partial charge in [0, 0.05) is 12.8 Å². The molecule has 0 aliphatic rings. The summed E-state index contributed by atoms with van der Waals surface area (Å²) in [5.74, 6) is -1.13. The minimum Gasteiger partial charge on any atom is -0.479 e. The molecule has 3 N–H and O–H groups in total. The van der Waals surface area contributed by atoms with Crippen LogP contribution >= 0.6 is 0 Å². The Morgan fingerprint density at radius 2 is 2.22 bits per heavy atom. The van der Waals surface area contributed by atoms with Crippen LogP contribution in [0.4, 0.5) is 10.5 Å². The number of carbonyl (C=O) groups is 2. The van der Waals surface area contributed by atoms with Gasteiger partial charge in [-0.25, -0.2) is 9.59 Å². The number of urea groups is 1. The van der Waals surface area contributed by atoms with Gasteiger partial charge in [-0.05, 0) is 19.1 Å². The summed E-state index contributed by atoms with van der Waals surface area (Å²) in [6.07, 6.45) is 0.451. The number of hydrogen-bond donors (Lipinski definition) is 3. The quantitative estimate of drug-likeness (QED) is 0.713. The first-order valence-corrected chi connectivity index (χ1v) is 5.26. The van der Waals surface area contributed by atoms with Crippen LogP contribution in [0.3, 0.4) is 0 Å². The lowest BCUT2D eigenvalue weighted by Gasteiger charge is -2.12. The molecular formula is C11H15N3O4. The minimum atomic E-state index is -1.13. The van der Waals surface area contributed by atoms with Crippen molar-refractivity contribution < 1.29 is 19.4 Å². The van der Waals surface area contributed by atoms with Crippen molar-refractivity contribution in [3.63, 3.8) is 0 Å². The van der Waals surface area contributed by atoms with E-state index in [0.29, 0.717) is 5.69 Å². The van der Waals surface area contributed by atoms with Gasteiger partial charge in [-0.15, -0.1) is 0 Å². The summed E-state index contributed by atoms with van der Waals surface area (Å²) >= 11 is 0. The Morgan fingerprint density at radius 1 is 1.50 bits per heavy atom. The molecule has 1 unspecified atom stereocenters. The number of aryl methyl sites for hydroxylation is 1. The van der Waals surface area contributed by atoms with E-state index in [4.69, 9.17) is 5.11 Å². The van der Waals surface area contributed by atoms with Gasteiger partial charge >= 0.3 is 12.0 Å². The second-order valence-electron chi connectivity index (χ2n) is 3.59. The summed E-state index contributed by atoms with van der Waals surface area (Å²) in [5.41, 5.74) is 1.37. The predicted molar refractivity (Wildman–Crippen MR) is 64.4 cm³/mol. The fourth-order valence-electron chi connectivity index (χ4n) is 1.17. The van der Waals surface area contributed by atoms with E-state index in [9.17, 15) is 9.59 Å². The van der Waals surface area contributed by atoms with E-state index >= 15 is 0 Å². The fourth-order valence-corrected chi connectivity index (χ4v) is 1.17. The fraction of sp³-hybridized carbons (Fsp3) is 0.364. The zero-order valence-corrected chi connectivity index (χ0v) is 10.1. The maximum Gasteiger partial charge on any atom is 0.334 e. The summed E-state index contributed by atoms with van der Waals surface area (Å²) in [6.45, 7) is 1.72. The van der Waals surface area contributed by atoms with Crippen LogP contribution in [0.25, 0.3) is 0 Å². The van der Waals surface area contributed by atoms with E-state index in [1.54, 1.807) is 12.1 Å². The van der Waals surface area contributed by atoms with Gasteiger partial charge in [0.2, 0.25) is 0 Å². The molecule has 0 spiro atoms. The molecule has 0 saturated heterocycles. The zero-order chi connectivity index (χ0) is 13.5. The van der Waals surface area contributed by atoms with E-state index in [2.05, 4.69) is 20.4 Å². The maximum atomic E-state index is 11.4. The van der Waals surface area contributed by atoms with Crippen LogP contribution in [0.5, 0.6) is 0 Å². The normalized spacial score (nSPS) is 11.7. The van der Waals surface area contributed by atoms with Gasteiger partial charge in [0.15, 0.2) is 6.10 Å². The van der Waals surface area contributed by atoms with E-state index in [0.717, 1.165) is 5.69 Å². The number of methoxy groups -OCH3 is 1. The van der Waals surface area contributed by atoms with E-state index in [1.807, 2.05) is 6.92 Å². The van der Waals surface area contributed by atoms with E-state index in [-0.39, 0.29) is 6.54 Å². The Labute approximate surface area is 104 Å². The molecule has 2 amide bonds. The van der Waals surface area contributed by atoms with Crippen LogP contribution < -0.4 is 10.6 Å². The average molecular weight is 253 g/mol. The van der Waals surface area contributed by atoms with Crippen molar-refractivity contribution in [3.8, 4) is 0 Å². The van der Waals surface area contributed by atoms with Crippen LogP contribution in [0, 0.1) is 6.92 Å². The molecule has 1 heterocycles. The molecule has 1 aromatic rings. The number of aromatic nitrogens is 1. The van der Waals surface area contributed by atoms with Crippen molar-refractivity contribution in [3.05, 3.63) is 24.0 Å². The van der Waals surface area contributed by atoms with Crippen molar-refractivity contribution in [1.82, 2.24) is 10.3 Å². The van der Waals surface area contributed by atoms with Crippen LogP contribution in [-0.2, 0) is 9.53 Å². The van der Waals surface area contributed by atoms with E-state index in [1.165, 1.54) is 13.3 Å². The Hall–Kier alpha value is -2.15. The Morgan fingerprint density at radius 3 is 2.72 bits per heavy atom. The number of pyridine rings is 1. The topological polar surface area (TPSA) is 101 Å². The number of nitrogens with one attached hydrogen (secondary N) is 2. The van der Waals surface area contributed by atoms with Gasteiger partial charge in [0.1, 0.15) is 0 Å². The lowest BCUT2D eigenvalue weighted by molar-refractivity contribution is -0.147. The second kappa shape index (κ2) is 6.55. The highest BCUT2D eigenvalue weighted by molar-refractivity contribution is 5.89. The molecule has 18 heavy (non-hydrogen) atoms. The number of rotatable bonds is 5. The monoisotopic (exact) mass is 253 g/mol. The van der Waals surface area contributed by atoms with Gasteiger partial charge in [0.05, 0.1) is 18.4 Å². The molecule has 0 fully saturated rings. The first-order chi connectivity index (χ1) is 8.52. The first-order valence-electron chi connectivity index (χ1n) is 5.26. The number of carboxylic acid groups (broad SMARTS) is 1. The van der Waals surface area contributed by atoms with Gasteiger partial charge in [0.25, 0.3) is 0 Å². The third-order valence-corrected chi connectivity index (χ3v) is 2.18. The predicted octanol–water partition coefficient (Wildman–Crippen LogP) is 0.611. The van der Waals surface area contributed by atoms with Gasteiger partial charge in [-0.3, -0.25) is 4.98 Å². The molecule has 0 aliphatic heterocycles. The van der Waals surface area contributed by atoms with Crippen molar-refractivity contribution in [2.45, 2.75) is 13.0 Å². The molecule has 7 nitrogen and oxygen atoms in total. The van der Waals surface area contributed by atoms with Crippen molar-refractivity contribution in [2.24, 2.45) is 0 Å². The maximum absolute atomic E-state index is 11.4. The molecule has 7 heteroatoms. The number of carbonyl (C=O) groups excluding carboxylic acids is 1. The molecular weight excluding hydrogens is 238 g/mol. The van der Waals surface area contributed by atoms with Crippen LogP contribution in [0.1, 0.15) is 5.69 Å². The number of anilines is 1. The Kier molecular flexibility index (Phi) is 5.06. The molecule has 98 valence electrons. The summed E-state index contributed by atoms with van der Waals surface area (Å²) in [7, 11) is 1.27. The number of carboxylic acids is 1. The average Bonchev–Trinajstić information content (AvgIpc) is 2.32.